The molecule has 0 aliphatic heterocycles. The second-order valence-electron chi connectivity index (χ2n) is 3.30. The number of imidazole rings is 1. The van der Waals surface area contributed by atoms with Crippen molar-refractivity contribution >= 4 is 27.3 Å². The summed E-state index contributed by atoms with van der Waals surface area (Å²) < 4.78 is 3.25. The number of aromatic nitrogens is 2. The Kier molecular flexibility index (Phi) is 3.56. The molecule has 5 heteroatoms. The Hall–Kier alpha value is -0.650. The van der Waals surface area contributed by atoms with E-state index in [-0.39, 0.29) is 0 Å². The first-order valence-corrected chi connectivity index (χ1v) is 6.33. The predicted octanol–water partition coefficient (Wildman–Crippen LogP) is 2.47. The monoisotopic (exact) mass is 285 g/mol. The predicted molar refractivity (Wildman–Crippen MR) is 66.1 cm³/mol. The van der Waals surface area contributed by atoms with Crippen molar-refractivity contribution in [1.82, 2.24) is 14.9 Å². The lowest BCUT2D eigenvalue weighted by molar-refractivity contribution is 0.787. The summed E-state index contributed by atoms with van der Waals surface area (Å²) in [6.45, 7) is 1.72. The summed E-state index contributed by atoms with van der Waals surface area (Å²) in [5, 5.41) is 5.18. The molecule has 0 bridgehead atoms. The van der Waals surface area contributed by atoms with E-state index in [0.29, 0.717) is 0 Å². The van der Waals surface area contributed by atoms with Crippen molar-refractivity contribution in [3.63, 3.8) is 0 Å². The van der Waals surface area contributed by atoms with Crippen molar-refractivity contribution in [2.75, 3.05) is 7.05 Å². The quantitative estimate of drug-likeness (QED) is 0.935. The third-order valence-electron chi connectivity index (χ3n) is 2.00. The largest absolute Gasteiger partial charge is 0.332 e. The van der Waals surface area contributed by atoms with Gasteiger partial charge in [-0.05, 0) is 29.0 Å². The van der Waals surface area contributed by atoms with E-state index in [0.717, 1.165) is 23.3 Å². The standard InChI is InChI=1S/C10H12BrN3S/c1-12-3-9-4-14(7-13-9)5-10-2-8(11)6-15-10/h2,4,6-7,12H,3,5H2,1H3. The van der Waals surface area contributed by atoms with Gasteiger partial charge in [-0.25, -0.2) is 4.98 Å². The smallest absolute Gasteiger partial charge is 0.0953 e. The van der Waals surface area contributed by atoms with E-state index < -0.39 is 0 Å². The van der Waals surface area contributed by atoms with Crippen molar-refractivity contribution in [3.8, 4) is 0 Å². The Balaban J connectivity index is 2.04. The zero-order chi connectivity index (χ0) is 10.7. The first-order valence-electron chi connectivity index (χ1n) is 4.66. The highest BCUT2D eigenvalue weighted by Crippen LogP contribution is 2.20. The van der Waals surface area contributed by atoms with Crippen LogP contribution < -0.4 is 5.32 Å². The topological polar surface area (TPSA) is 29.9 Å². The van der Waals surface area contributed by atoms with Crippen molar-refractivity contribution in [3.05, 3.63) is 39.0 Å². The van der Waals surface area contributed by atoms with Gasteiger partial charge in [0.2, 0.25) is 0 Å². The molecule has 0 atom stereocenters. The van der Waals surface area contributed by atoms with E-state index in [1.807, 2.05) is 13.4 Å². The molecule has 0 aliphatic carbocycles. The molecule has 0 aromatic carbocycles. The van der Waals surface area contributed by atoms with Crippen molar-refractivity contribution in [2.45, 2.75) is 13.1 Å². The van der Waals surface area contributed by atoms with E-state index in [1.165, 1.54) is 4.88 Å². The summed E-state index contributed by atoms with van der Waals surface area (Å²) in [7, 11) is 1.93. The molecule has 15 heavy (non-hydrogen) atoms. The average molecular weight is 286 g/mol. The summed E-state index contributed by atoms with van der Waals surface area (Å²) in [5.41, 5.74) is 1.08. The van der Waals surface area contributed by atoms with Crippen LogP contribution >= 0.6 is 27.3 Å². The summed E-state index contributed by atoms with van der Waals surface area (Å²) in [5.74, 6) is 0. The van der Waals surface area contributed by atoms with E-state index >= 15 is 0 Å². The highest BCUT2D eigenvalue weighted by molar-refractivity contribution is 9.10. The maximum atomic E-state index is 4.30. The molecule has 3 nitrogen and oxygen atoms in total. The van der Waals surface area contributed by atoms with Crippen LogP contribution in [0.15, 0.2) is 28.4 Å². The van der Waals surface area contributed by atoms with E-state index in [9.17, 15) is 0 Å². The van der Waals surface area contributed by atoms with Gasteiger partial charge < -0.3 is 9.88 Å². The Labute approximate surface area is 101 Å². The van der Waals surface area contributed by atoms with Crippen LogP contribution in [0.4, 0.5) is 0 Å². The lowest BCUT2D eigenvalue weighted by Crippen LogP contribution is -2.05. The number of nitrogens with zero attached hydrogens (tertiary/aromatic N) is 2. The van der Waals surface area contributed by atoms with Gasteiger partial charge in [-0.15, -0.1) is 11.3 Å². The lowest BCUT2D eigenvalue weighted by atomic mass is 10.4. The molecule has 1 N–H and O–H groups in total. The van der Waals surface area contributed by atoms with Gasteiger partial charge in [0.1, 0.15) is 0 Å². The van der Waals surface area contributed by atoms with E-state index in [2.05, 4.69) is 48.4 Å². The van der Waals surface area contributed by atoms with Crippen molar-refractivity contribution in [1.29, 1.82) is 0 Å². The Morgan fingerprint density at radius 3 is 3.13 bits per heavy atom. The van der Waals surface area contributed by atoms with Crippen LogP contribution in [0.25, 0.3) is 0 Å². The number of thiophene rings is 1. The van der Waals surface area contributed by atoms with Crippen LogP contribution in [0.1, 0.15) is 10.6 Å². The molecular weight excluding hydrogens is 274 g/mol. The SMILES string of the molecule is CNCc1cn(Cc2cc(Br)cs2)cn1. The number of hydrogen-bond acceptors (Lipinski definition) is 3. The minimum Gasteiger partial charge on any atom is -0.332 e. The van der Waals surface area contributed by atoms with Crippen LogP contribution in [-0.4, -0.2) is 16.6 Å². The van der Waals surface area contributed by atoms with Crippen LogP contribution in [-0.2, 0) is 13.1 Å². The maximum Gasteiger partial charge on any atom is 0.0953 e. The fraction of sp³-hybridized carbons (Fsp3) is 0.300. The zero-order valence-electron chi connectivity index (χ0n) is 8.40. The normalized spacial score (nSPS) is 10.8. The summed E-state index contributed by atoms with van der Waals surface area (Å²) >= 11 is 5.21. The molecular formula is C10H12BrN3S. The molecule has 0 saturated heterocycles. The molecule has 2 aromatic heterocycles. The molecule has 0 unspecified atom stereocenters. The first-order chi connectivity index (χ1) is 7.28. The second kappa shape index (κ2) is 4.92. The van der Waals surface area contributed by atoms with Crippen LogP contribution in [0.2, 0.25) is 0 Å². The summed E-state index contributed by atoms with van der Waals surface area (Å²) in [6.07, 6.45) is 3.95. The molecule has 2 rings (SSSR count). The van der Waals surface area contributed by atoms with E-state index in [4.69, 9.17) is 0 Å². The third kappa shape index (κ3) is 2.90. The molecule has 0 saturated carbocycles. The van der Waals surface area contributed by atoms with Gasteiger partial charge >= 0.3 is 0 Å². The van der Waals surface area contributed by atoms with Crippen LogP contribution in [0.5, 0.6) is 0 Å². The molecule has 0 spiro atoms. The van der Waals surface area contributed by atoms with Gasteiger partial charge in [0.15, 0.2) is 0 Å². The van der Waals surface area contributed by atoms with Gasteiger partial charge in [-0.3, -0.25) is 0 Å². The second-order valence-corrected chi connectivity index (χ2v) is 5.21. The molecule has 0 radical (unpaired) electrons. The van der Waals surface area contributed by atoms with Gasteiger partial charge in [-0.1, -0.05) is 0 Å². The molecule has 0 amide bonds. The Morgan fingerprint density at radius 2 is 2.47 bits per heavy atom. The molecule has 2 aromatic rings. The van der Waals surface area contributed by atoms with Gasteiger partial charge in [-0.2, -0.15) is 0 Å². The average Bonchev–Trinajstić information content (AvgIpc) is 2.78. The molecule has 2 heterocycles. The fourth-order valence-electron chi connectivity index (χ4n) is 1.38. The number of rotatable bonds is 4. The van der Waals surface area contributed by atoms with Gasteiger partial charge in [0.05, 0.1) is 18.6 Å². The molecule has 80 valence electrons. The highest BCUT2D eigenvalue weighted by atomic mass is 79.9. The first kappa shape index (κ1) is 10.9. The van der Waals surface area contributed by atoms with E-state index in [1.54, 1.807) is 11.3 Å². The zero-order valence-corrected chi connectivity index (χ0v) is 10.8. The van der Waals surface area contributed by atoms with Gasteiger partial charge in [0.25, 0.3) is 0 Å². The van der Waals surface area contributed by atoms with Crippen molar-refractivity contribution < 1.29 is 0 Å². The lowest BCUT2D eigenvalue weighted by Gasteiger charge is -1.97. The summed E-state index contributed by atoms with van der Waals surface area (Å²) in [6, 6.07) is 2.14. The minimum atomic E-state index is 0.821. The molecule has 0 fully saturated rings. The Morgan fingerprint density at radius 1 is 1.60 bits per heavy atom. The number of hydrogen-bond donors (Lipinski definition) is 1. The number of nitrogens with one attached hydrogen (secondary N) is 1. The summed E-state index contributed by atoms with van der Waals surface area (Å²) in [4.78, 5) is 5.63. The molecule has 0 aliphatic rings. The number of halogens is 1. The third-order valence-corrected chi connectivity index (χ3v) is 3.69. The maximum absolute atomic E-state index is 4.30. The van der Waals surface area contributed by atoms with Crippen LogP contribution in [0, 0.1) is 0 Å². The highest BCUT2D eigenvalue weighted by Gasteiger charge is 2.01. The fourth-order valence-corrected chi connectivity index (χ4v) is 2.84. The van der Waals surface area contributed by atoms with Crippen LogP contribution in [0.3, 0.4) is 0 Å². The van der Waals surface area contributed by atoms with Crippen molar-refractivity contribution in [2.24, 2.45) is 0 Å². The Bertz CT molecular complexity index is 435. The minimum absolute atomic E-state index is 0.821. The van der Waals surface area contributed by atoms with Gasteiger partial charge in [0, 0.05) is 27.5 Å².